The molecule has 1 aliphatic carbocycles. The summed E-state index contributed by atoms with van der Waals surface area (Å²) in [5.74, 6) is 0. The van der Waals surface area contributed by atoms with Crippen molar-refractivity contribution in [2.45, 2.75) is 13.8 Å². The molecule has 141 valence electrons. The molecule has 0 spiro atoms. The van der Waals surface area contributed by atoms with E-state index in [9.17, 15) is 0 Å². The molecular formula is C24H21Cl2OZr. The van der Waals surface area contributed by atoms with E-state index in [0.717, 1.165) is 6.61 Å². The van der Waals surface area contributed by atoms with Crippen molar-refractivity contribution in [2.75, 3.05) is 6.61 Å². The van der Waals surface area contributed by atoms with Gasteiger partial charge in [0.15, 0.2) is 0 Å². The van der Waals surface area contributed by atoms with E-state index < -0.39 is 0 Å². The third-order valence-electron chi connectivity index (χ3n) is 4.58. The van der Waals surface area contributed by atoms with Gasteiger partial charge in [0.2, 0.25) is 0 Å². The van der Waals surface area contributed by atoms with Gasteiger partial charge in [0, 0.05) is 5.57 Å². The van der Waals surface area contributed by atoms with Crippen LogP contribution in [0.5, 0.6) is 0 Å². The summed E-state index contributed by atoms with van der Waals surface area (Å²) in [5, 5.41) is 2.69. The summed E-state index contributed by atoms with van der Waals surface area (Å²) < 4.78 is 5.08. The number of hydrogen-bond acceptors (Lipinski definition) is 1. The molecule has 0 N–H and O–H groups in total. The number of aryl methyl sites for hydroxylation is 1. The van der Waals surface area contributed by atoms with Gasteiger partial charge in [0.05, 0.1) is 6.26 Å². The number of fused-ring (bicyclic) bond motifs is 2. The third kappa shape index (κ3) is 5.32. The van der Waals surface area contributed by atoms with Crippen molar-refractivity contribution in [1.82, 2.24) is 0 Å². The van der Waals surface area contributed by atoms with Crippen LogP contribution in [0.3, 0.4) is 0 Å². The minimum atomic E-state index is 0. The Kier molecular flexibility index (Phi) is 9.57. The van der Waals surface area contributed by atoms with Gasteiger partial charge in [-0.3, -0.25) is 0 Å². The van der Waals surface area contributed by atoms with Crippen LogP contribution in [0.4, 0.5) is 0 Å². The number of allylic oxidation sites excluding steroid dienone is 3. The van der Waals surface area contributed by atoms with Crippen LogP contribution in [0, 0.1) is 6.92 Å². The minimum absolute atomic E-state index is 0. The Morgan fingerprint density at radius 3 is 2.36 bits per heavy atom. The molecule has 0 unspecified atom stereocenters. The van der Waals surface area contributed by atoms with Crippen molar-refractivity contribution in [1.29, 1.82) is 0 Å². The van der Waals surface area contributed by atoms with Gasteiger partial charge in [-0.15, -0.1) is 34.5 Å². The van der Waals surface area contributed by atoms with Crippen LogP contribution in [0.1, 0.15) is 12.5 Å². The molecule has 0 aromatic heterocycles. The van der Waals surface area contributed by atoms with E-state index in [1.807, 2.05) is 6.26 Å². The first kappa shape index (κ1) is 24.6. The average molecular weight is 488 g/mol. The van der Waals surface area contributed by atoms with E-state index >= 15 is 0 Å². The molecular weight excluding hydrogens is 466 g/mol. The average Bonchev–Trinajstić information content (AvgIpc) is 3.29. The second-order valence-corrected chi connectivity index (χ2v) is 6.65. The molecule has 28 heavy (non-hydrogen) atoms. The maximum atomic E-state index is 5.08. The summed E-state index contributed by atoms with van der Waals surface area (Å²) in [7, 11) is 0. The molecule has 1 radical (unpaired) electrons. The van der Waals surface area contributed by atoms with Crippen LogP contribution in [0.2, 0.25) is 0 Å². The van der Waals surface area contributed by atoms with Gasteiger partial charge >= 0.3 is 26.2 Å². The van der Waals surface area contributed by atoms with Gasteiger partial charge in [-0.1, -0.05) is 55.0 Å². The number of ether oxygens (including phenoxy) is 1. The second-order valence-electron chi connectivity index (χ2n) is 6.65. The Morgan fingerprint density at radius 1 is 0.893 bits per heavy atom. The monoisotopic (exact) mass is 485 g/mol. The van der Waals surface area contributed by atoms with Crippen LogP contribution in [0.25, 0.3) is 21.9 Å². The zero-order chi connectivity index (χ0) is 17.2. The first-order valence-electron chi connectivity index (χ1n) is 8.63. The van der Waals surface area contributed by atoms with Crippen molar-refractivity contribution in [2.24, 2.45) is 0 Å². The van der Waals surface area contributed by atoms with Crippen LogP contribution in [0.15, 0.2) is 95.8 Å². The first-order chi connectivity index (χ1) is 12.2. The molecule has 1 nitrogen and oxygen atoms in total. The molecule has 0 saturated carbocycles. The molecule has 3 aromatic rings. The molecule has 1 heterocycles. The SMILES string of the molecule is CC1=CC2=COCC2=C1.Cc1cc2c(-c3ccccc3)cccc2[cH-]1.[Cl-].[Cl-].[Zr+3]. The maximum Gasteiger partial charge on any atom is 3.00 e. The summed E-state index contributed by atoms with van der Waals surface area (Å²) >= 11 is 0. The Labute approximate surface area is 198 Å². The van der Waals surface area contributed by atoms with Gasteiger partial charge in [0.1, 0.15) is 6.61 Å². The molecule has 5 rings (SSSR count). The van der Waals surface area contributed by atoms with Crippen LogP contribution in [-0.2, 0) is 30.9 Å². The maximum absolute atomic E-state index is 5.08. The van der Waals surface area contributed by atoms with Gasteiger partial charge in [-0.2, -0.15) is 6.07 Å². The normalized spacial score (nSPS) is 13.3. The van der Waals surface area contributed by atoms with Gasteiger partial charge in [-0.05, 0) is 29.7 Å². The molecule has 4 heteroatoms. The first-order valence-corrected chi connectivity index (χ1v) is 8.63. The topological polar surface area (TPSA) is 9.23 Å². The minimum Gasteiger partial charge on any atom is -1.00 e. The second kappa shape index (κ2) is 10.9. The standard InChI is InChI=1S/C16H13.C8H8O.2ClH.Zr/c1-12-10-14-8-5-9-15(16(14)11-12)13-6-3-2-4-7-13;1-6-2-7-4-9-5-8(7)3-6;;;/h2-11H,1H3;2-4H,5H2,1H3;2*1H;/q-1;;;;+3/p-2. The Balaban J connectivity index is 0.000000284. The number of benzene rings is 2. The smallest absolute Gasteiger partial charge is 1.00 e. The van der Waals surface area contributed by atoms with Crippen molar-refractivity contribution >= 4 is 10.8 Å². The summed E-state index contributed by atoms with van der Waals surface area (Å²) in [6, 6.07) is 21.6. The fraction of sp³-hybridized carbons (Fsp3) is 0.125. The summed E-state index contributed by atoms with van der Waals surface area (Å²) in [6.07, 6.45) is 6.13. The van der Waals surface area contributed by atoms with E-state index in [2.05, 4.69) is 86.7 Å². The fourth-order valence-corrected chi connectivity index (χ4v) is 3.45. The molecule has 0 fully saturated rings. The van der Waals surface area contributed by atoms with E-state index in [-0.39, 0.29) is 51.0 Å². The van der Waals surface area contributed by atoms with Gasteiger partial charge in [0.25, 0.3) is 0 Å². The predicted octanol–water partition coefficient (Wildman–Crippen LogP) is 0.326. The zero-order valence-electron chi connectivity index (χ0n) is 15.9. The number of rotatable bonds is 1. The third-order valence-corrected chi connectivity index (χ3v) is 4.58. The fourth-order valence-electron chi connectivity index (χ4n) is 3.45. The summed E-state index contributed by atoms with van der Waals surface area (Å²) in [6.45, 7) is 5.02. The van der Waals surface area contributed by atoms with E-state index in [1.54, 1.807) is 0 Å². The Hall–Kier alpha value is -1.47. The van der Waals surface area contributed by atoms with Crippen molar-refractivity contribution in [3.05, 3.63) is 101 Å². The van der Waals surface area contributed by atoms with Crippen molar-refractivity contribution in [3.63, 3.8) is 0 Å². The van der Waals surface area contributed by atoms with Crippen LogP contribution < -0.4 is 24.8 Å². The van der Waals surface area contributed by atoms with Crippen LogP contribution >= 0.6 is 0 Å². The number of hydrogen-bond donors (Lipinski definition) is 0. The predicted molar refractivity (Wildman–Crippen MR) is 106 cm³/mol. The summed E-state index contributed by atoms with van der Waals surface area (Å²) in [4.78, 5) is 0. The zero-order valence-corrected chi connectivity index (χ0v) is 19.8. The number of halogens is 2. The molecule has 0 bridgehead atoms. The van der Waals surface area contributed by atoms with Gasteiger partial charge < -0.3 is 29.6 Å². The quantitative estimate of drug-likeness (QED) is 0.450. The van der Waals surface area contributed by atoms with E-state index in [0.29, 0.717) is 0 Å². The Bertz CT molecular complexity index is 1010. The molecule has 2 aliphatic rings. The van der Waals surface area contributed by atoms with Crippen molar-refractivity contribution < 1.29 is 55.8 Å². The molecule has 3 aromatic carbocycles. The van der Waals surface area contributed by atoms with Crippen molar-refractivity contribution in [3.8, 4) is 11.1 Å². The molecule has 0 saturated heterocycles. The van der Waals surface area contributed by atoms with Gasteiger partial charge in [-0.25, -0.2) is 0 Å². The molecule has 0 atom stereocenters. The largest absolute Gasteiger partial charge is 3.00 e. The Morgan fingerprint density at radius 2 is 1.64 bits per heavy atom. The van der Waals surface area contributed by atoms with E-state index in [4.69, 9.17) is 4.74 Å². The van der Waals surface area contributed by atoms with Crippen LogP contribution in [-0.4, -0.2) is 6.61 Å². The molecule has 1 aliphatic heterocycles. The summed E-state index contributed by atoms with van der Waals surface area (Å²) in [5.41, 5.74) is 7.86. The van der Waals surface area contributed by atoms with E-state index in [1.165, 1.54) is 44.2 Å². The molecule has 0 amide bonds.